The number of likely N-dealkylation sites (tertiary alicyclic amines) is 1. The van der Waals surface area contributed by atoms with Gasteiger partial charge in [0.05, 0.1) is 11.7 Å². The Morgan fingerprint density at radius 3 is 2.64 bits per heavy atom. The van der Waals surface area contributed by atoms with Crippen molar-refractivity contribution in [2.45, 2.75) is 44.7 Å². The van der Waals surface area contributed by atoms with E-state index in [4.69, 9.17) is 0 Å². The number of aryl methyl sites for hydroxylation is 1. The van der Waals surface area contributed by atoms with Crippen LogP contribution in [-0.2, 0) is 4.79 Å². The van der Waals surface area contributed by atoms with Crippen molar-refractivity contribution in [2.24, 2.45) is 0 Å². The lowest BCUT2D eigenvalue weighted by atomic mass is 10.0. The maximum absolute atomic E-state index is 12.4. The number of hydrogen-bond acceptors (Lipinski definition) is 5. The summed E-state index contributed by atoms with van der Waals surface area (Å²) < 4.78 is 0. The van der Waals surface area contributed by atoms with Gasteiger partial charge in [-0.05, 0) is 51.3 Å². The monoisotopic (exact) mass is 303 g/mol. The molecule has 3 rings (SSSR count). The Kier molecular flexibility index (Phi) is 4.57. The molecule has 1 aromatic heterocycles. The van der Waals surface area contributed by atoms with E-state index >= 15 is 0 Å². The number of rotatable bonds is 3. The van der Waals surface area contributed by atoms with Crippen LogP contribution in [0, 0.1) is 6.92 Å². The molecule has 120 valence electrons. The second-order valence-corrected chi connectivity index (χ2v) is 6.35. The molecule has 6 nitrogen and oxygen atoms in total. The molecule has 1 amide bonds. The molecule has 1 atom stereocenters. The molecule has 2 fully saturated rings. The highest BCUT2D eigenvalue weighted by Gasteiger charge is 2.31. The van der Waals surface area contributed by atoms with Crippen LogP contribution in [0.1, 0.15) is 31.4 Å². The maximum atomic E-state index is 12.4. The zero-order valence-corrected chi connectivity index (χ0v) is 13.5. The highest BCUT2D eigenvalue weighted by atomic mass is 16.2. The van der Waals surface area contributed by atoms with Gasteiger partial charge in [0.1, 0.15) is 0 Å². The molecule has 3 heterocycles. The SMILES string of the molecule is Cc1ccc(N(C)C2CCN(C(=O)C3CCCN3)CC2)nn1. The van der Waals surface area contributed by atoms with Crippen LogP contribution in [0.4, 0.5) is 5.82 Å². The molecule has 2 aliphatic heterocycles. The number of hydrogen-bond donors (Lipinski definition) is 1. The van der Waals surface area contributed by atoms with Crippen molar-refractivity contribution >= 4 is 11.7 Å². The van der Waals surface area contributed by atoms with Crippen LogP contribution in [-0.4, -0.2) is 59.8 Å². The summed E-state index contributed by atoms with van der Waals surface area (Å²) in [4.78, 5) is 16.6. The summed E-state index contributed by atoms with van der Waals surface area (Å²) in [5, 5.41) is 11.7. The first-order valence-corrected chi connectivity index (χ1v) is 8.20. The van der Waals surface area contributed by atoms with E-state index in [0.717, 1.165) is 56.8 Å². The van der Waals surface area contributed by atoms with Gasteiger partial charge in [0, 0.05) is 26.2 Å². The van der Waals surface area contributed by atoms with Crippen molar-refractivity contribution in [3.63, 3.8) is 0 Å². The first kappa shape index (κ1) is 15.2. The molecule has 6 heteroatoms. The topological polar surface area (TPSA) is 61.4 Å². The van der Waals surface area contributed by atoms with E-state index in [9.17, 15) is 4.79 Å². The van der Waals surface area contributed by atoms with E-state index in [1.807, 2.05) is 24.0 Å². The second-order valence-electron chi connectivity index (χ2n) is 6.35. The van der Waals surface area contributed by atoms with Crippen molar-refractivity contribution in [3.8, 4) is 0 Å². The van der Waals surface area contributed by atoms with Gasteiger partial charge >= 0.3 is 0 Å². The summed E-state index contributed by atoms with van der Waals surface area (Å²) in [7, 11) is 2.07. The summed E-state index contributed by atoms with van der Waals surface area (Å²) in [5.74, 6) is 1.20. The van der Waals surface area contributed by atoms with E-state index in [2.05, 4.69) is 27.5 Å². The number of nitrogens with one attached hydrogen (secondary N) is 1. The average molecular weight is 303 g/mol. The van der Waals surface area contributed by atoms with Gasteiger partial charge in [0.2, 0.25) is 5.91 Å². The Morgan fingerprint density at radius 1 is 1.27 bits per heavy atom. The summed E-state index contributed by atoms with van der Waals surface area (Å²) in [6.45, 7) is 4.59. The van der Waals surface area contributed by atoms with E-state index < -0.39 is 0 Å². The molecule has 1 unspecified atom stereocenters. The van der Waals surface area contributed by atoms with Gasteiger partial charge in [-0.1, -0.05) is 0 Å². The van der Waals surface area contributed by atoms with Crippen LogP contribution in [0.5, 0.6) is 0 Å². The molecule has 0 bridgehead atoms. The first-order valence-electron chi connectivity index (χ1n) is 8.20. The predicted octanol–water partition coefficient (Wildman–Crippen LogP) is 0.964. The summed E-state index contributed by atoms with van der Waals surface area (Å²) in [6.07, 6.45) is 4.08. The fourth-order valence-electron chi connectivity index (χ4n) is 3.36. The number of amides is 1. The summed E-state index contributed by atoms with van der Waals surface area (Å²) >= 11 is 0. The highest BCUT2D eigenvalue weighted by molar-refractivity contribution is 5.82. The molecule has 0 saturated carbocycles. The lowest BCUT2D eigenvalue weighted by Crippen LogP contribution is -2.50. The quantitative estimate of drug-likeness (QED) is 0.901. The normalized spacial score (nSPS) is 22.8. The van der Waals surface area contributed by atoms with Crippen LogP contribution < -0.4 is 10.2 Å². The first-order chi connectivity index (χ1) is 10.6. The van der Waals surface area contributed by atoms with Gasteiger partial charge in [-0.3, -0.25) is 4.79 Å². The number of anilines is 1. The van der Waals surface area contributed by atoms with Crippen LogP contribution in [0.25, 0.3) is 0 Å². The third kappa shape index (κ3) is 3.21. The standard InChI is InChI=1S/C16H25N5O/c1-12-5-6-15(19-18-12)20(2)13-7-10-21(11-8-13)16(22)14-4-3-9-17-14/h5-6,13-14,17H,3-4,7-11H2,1-2H3. The van der Waals surface area contributed by atoms with Gasteiger partial charge in [-0.2, -0.15) is 5.10 Å². The average Bonchev–Trinajstić information content (AvgIpc) is 3.09. The molecule has 2 saturated heterocycles. The Hall–Kier alpha value is -1.69. The zero-order valence-electron chi connectivity index (χ0n) is 13.5. The molecule has 0 radical (unpaired) electrons. The molecule has 22 heavy (non-hydrogen) atoms. The van der Waals surface area contributed by atoms with E-state index in [1.165, 1.54) is 0 Å². The third-order valence-electron chi connectivity index (χ3n) is 4.83. The number of aromatic nitrogens is 2. The molecule has 0 aromatic carbocycles. The summed E-state index contributed by atoms with van der Waals surface area (Å²) in [5.41, 5.74) is 0.932. The van der Waals surface area contributed by atoms with Crippen molar-refractivity contribution in [1.82, 2.24) is 20.4 Å². The molecule has 2 aliphatic rings. The van der Waals surface area contributed by atoms with Gasteiger partial charge in [-0.15, -0.1) is 5.10 Å². The second kappa shape index (κ2) is 6.60. The number of carbonyl (C=O) groups excluding carboxylic acids is 1. The van der Waals surface area contributed by atoms with Gasteiger partial charge in [0.25, 0.3) is 0 Å². The van der Waals surface area contributed by atoms with Gasteiger partial charge in [0.15, 0.2) is 5.82 Å². The molecule has 0 aliphatic carbocycles. The number of nitrogens with zero attached hydrogens (tertiary/aromatic N) is 4. The Morgan fingerprint density at radius 2 is 2.05 bits per heavy atom. The molecule has 1 aromatic rings. The van der Waals surface area contributed by atoms with Crippen LogP contribution in [0.2, 0.25) is 0 Å². The van der Waals surface area contributed by atoms with Gasteiger partial charge < -0.3 is 15.1 Å². The van der Waals surface area contributed by atoms with Crippen molar-refractivity contribution < 1.29 is 4.79 Å². The Labute approximate surface area is 131 Å². The van der Waals surface area contributed by atoms with Crippen LogP contribution in [0.15, 0.2) is 12.1 Å². The molecule has 0 spiro atoms. The third-order valence-corrected chi connectivity index (χ3v) is 4.83. The number of piperidine rings is 1. The van der Waals surface area contributed by atoms with E-state index in [1.54, 1.807) is 0 Å². The minimum atomic E-state index is 0.0530. The Bertz CT molecular complexity index is 504. The maximum Gasteiger partial charge on any atom is 0.239 e. The lowest BCUT2D eigenvalue weighted by molar-refractivity contribution is -0.134. The fraction of sp³-hybridized carbons (Fsp3) is 0.688. The van der Waals surface area contributed by atoms with Crippen molar-refractivity contribution in [3.05, 3.63) is 17.8 Å². The zero-order chi connectivity index (χ0) is 15.5. The van der Waals surface area contributed by atoms with E-state index in [-0.39, 0.29) is 11.9 Å². The fourth-order valence-corrected chi connectivity index (χ4v) is 3.36. The molecular formula is C16H25N5O. The van der Waals surface area contributed by atoms with Gasteiger partial charge in [-0.25, -0.2) is 0 Å². The van der Waals surface area contributed by atoms with Crippen LogP contribution in [0.3, 0.4) is 0 Å². The lowest BCUT2D eigenvalue weighted by Gasteiger charge is -2.38. The van der Waals surface area contributed by atoms with Crippen LogP contribution >= 0.6 is 0 Å². The molecule has 1 N–H and O–H groups in total. The molecular weight excluding hydrogens is 278 g/mol. The summed E-state index contributed by atoms with van der Waals surface area (Å²) in [6, 6.07) is 4.49. The van der Waals surface area contributed by atoms with E-state index in [0.29, 0.717) is 6.04 Å². The highest BCUT2D eigenvalue weighted by Crippen LogP contribution is 2.21. The minimum absolute atomic E-state index is 0.0530. The predicted molar refractivity (Wildman–Crippen MR) is 85.8 cm³/mol. The number of carbonyl (C=O) groups is 1. The largest absolute Gasteiger partial charge is 0.355 e. The Balaban J connectivity index is 1.54. The van der Waals surface area contributed by atoms with Crippen molar-refractivity contribution in [2.75, 3.05) is 31.6 Å². The smallest absolute Gasteiger partial charge is 0.239 e. The minimum Gasteiger partial charge on any atom is -0.355 e. The van der Waals surface area contributed by atoms with Crippen molar-refractivity contribution in [1.29, 1.82) is 0 Å².